The van der Waals surface area contributed by atoms with Gasteiger partial charge in [0, 0.05) is 21.6 Å². The van der Waals surface area contributed by atoms with Crippen molar-refractivity contribution in [3.05, 3.63) is 58.7 Å². The van der Waals surface area contributed by atoms with Crippen LogP contribution in [0.3, 0.4) is 0 Å². The molecule has 2 heterocycles. The van der Waals surface area contributed by atoms with E-state index in [9.17, 15) is 9.90 Å². The van der Waals surface area contributed by atoms with Crippen LogP contribution >= 0.6 is 15.9 Å². The van der Waals surface area contributed by atoms with Crippen LogP contribution < -0.4 is 0 Å². The van der Waals surface area contributed by atoms with Crippen molar-refractivity contribution in [2.75, 3.05) is 0 Å². The van der Waals surface area contributed by atoms with Gasteiger partial charge in [0.05, 0.1) is 11.3 Å². The summed E-state index contributed by atoms with van der Waals surface area (Å²) in [6.07, 6.45) is 1.60. The Bertz CT molecular complexity index is 801. The van der Waals surface area contributed by atoms with Gasteiger partial charge in [0.15, 0.2) is 5.65 Å². The van der Waals surface area contributed by atoms with E-state index in [0.717, 1.165) is 10.0 Å². The molecule has 0 unspecified atom stereocenters. The molecule has 0 bridgehead atoms. The summed E-state index contributed by atoms with van der Waals surface area (Å²) in [5.74, 6) is -0.983. The van der Waals surface area contributed by atoms with Crippen molar-refractivity contribution in [1.29, 1.82) is 0 Å². The van der Waals surface area contributed by atoms with Crippen LogP contribution in [0.15, 0.2) is 53.1 Å². The second-order valence-corrected chi connectivity index (χ2v) is 5.16. The van der Waals surface area contributed by atoms with Crippen LogP contribution in [0, 0.1) is 0 Å². The Morgan fingerprint density at radius 3 is 2.60 bits per heavy atom. The number of rotatable bonds is 2. The first-order chi connectivity index (χ1) is 9.65. The van der Waals surface area contributed by atoms with E-state index < -0.39 is 5.97 Å². The van der Waals surface area contributed by atoms with Crippen LogP contribution in [-0.4, -0.2) is 21.0 Å². The maximum Gasteiger partial charge on any atom is 0.336 e. The fourth-order valence-corrected chi connectivity index (χ4v) is 2.27. The first-order valence-corrected chi connectivity index (χ1v) is 6.69. The summed E-state index contributed by atoms with van der Waals surface area (Å²) >= 11 is 3.37. The second-order valence-electron chi connectivity index (χ2n) is 4.24. The fourth-order valence-electron chi connectivity index (χ4n) is 2.00. The third-order valence-corrected chi connectivity index (χ3v) is 3.48. The molecule has 1 N–H and O–H groups in total. The van der Waals surface area contributed by atoms with Crippen LogP contribution in [0.25, 0.3) is 22.3 Å². The number of fused-ring (bicyclic) bond motifs is 1. The molecule has 0 aliphatic heterocycles. The normalized spacial score (nSPS) is 10.7. The average molecular weight is 329 g/mol. The van der Waals surface area contributed by atoms with E-state index in [1.54, 1.807) is 24.4 Å². The molecular formula is C15H9BrN2O2. The predicted octanol–water partition coefficient (Wildman–Crippen LogP) is 3.76. The summed E-state index contributed by atoms with van der Waals surface area (Å²) in [6.45, 7) is 0. The molecule has 0 aliphatic rings. The highest BCUT2D eigenvalue weighted by Gasteiger charge is 2.13. The van der Waals surface area contributed by atoms with Crippen LogP contribution in [0.5, 0.6) is 0 Å². The zero-order valence-electron chi connectivity index (χ0n) is 10.2. The summed E-state index contributed by atoms with van der Waals surface area (Å²) in [4.78, 5) is 20.0. The summed E-state index contributed by atoms with van der Waals surface area (Å²) in [6, 6.07) is 12.5. The van der Waals surface area contributed by atoms with Crippen molar-refractivity contribution in [1.82, 2.24) is 9.97 Å². The standard InChI is InChI=1S/C15H9BrN2O2/c16-10-5-3-9(4-6-10)13-8-12(15(19)20)11-2-1-7-17-14(11)18-13/h1-8H,(H,19,20). The molecule has 0 saturated heterocycles. The second kappa shape index (κ2) is 5.02. The Morgan fingerprint density at radius 2 is 1.90 bits per heavy atom. The highest BCUT2D eigenvalue weighted by atomic mass is 79.9. The van der Waals surface area contributed by atoms with E-state index in [2.05, 4.69) is 25.9 Å². The zero-order valence-corrected chi connectivity index (χ0v) is 11.8. The van der Waals surface area contributed by atoms with Crippen molar-refractivity contribution >= 4 is 32.9 Å². The smallest absolute Gasteiger partial charge is 0.336 e. The largest absolute Gasteiger partial charge is 0.478 e. The fraction of sp³-hybridized carbons (Fsp3) is 0. The molecule has 5 heteroatoms. The first-order valence-electron chi connectivity index (χ1n) is 5.90. The molecule has 0 fully saturated rings. The number of pyridine rings is 2. The third kappa shape index (κ3) is 2.28. The lowest BCUT2D eigenvalue weighted by atomic mass is 10.1. The third-order valence-electron chi connectivity index (χ3n) is 2.95. The van der Waals surface area contributed by atoms with Crippen molar-refractivity contribution in [3.8, 4) is 11.3 Å². The van der Waals surface area contributed by atoms with Gasteiger partial charge in [-0.25, -0.2) is 14.8 Å². The predicted molar refractivity (Wildman–Crippen MR) is 79.6 cm³/mol. The molecule has 0 amide bonds. The number of carboxylic acids is 1. The molecular weight excluding hydrogens is 320 g/mol. The molecule has 0 spiro atoms. The van der Waals surface area contributed by atoms with Gasteiger partial charge in [-0.05, 0) is 30.3 Å². The number of aromatic carboxylic acids is 1. The number of carbonyl (C=O) groups is 1. The van der Waals surface area contributed by atoms with Gasteiger partial charge >= 0.3 is 5.97 Å². The molecule has 1 aromatic carbocycles. The Hall–Kier alpha value is -2.27. The lowest BCUT2D eigenvalue weighted by Gasteiger charge is -2.06. The van der Waals surface area contributed by atoms with Crippen LogP contribution in [0.4, 0.5) is 0 Å². The summed E-state index contributed by atoms with van der Waals surface area (Å²) in [7, 11) is 0. The van der Waals surface area contributed by atoms with Gasteiger partial charge in [-0.1, -0.05) is 28.1 Å². The lowest BCUT2D eigenvalue weighted by Crippen LogP contribution is -2.01. The summed E-state index contributed by atoms with van der Waals surface area (Å²) < 4.78 is 0.957. The molecule has 0 radical (unpaired) electrons. The minimum absolute atomic E-state index is 0.209. The number of carboxylic acid groups (broad SMARTS) is 1. The average Bonchev–Trinajstić information content (AvgIpc) is 2.46. The highest BCUT2D eigenvalue weighted by Crippen LogP contribution is 2.25. The molecule has 20 heavy (non-hydrogen) atoms. The van der Waals surface area contributed by atoms with E-state index in [1.165, 1.54) is 0 Å². The van der Waals surface area contributed by atoms with Crippen molar-refractivity contribution in [2.24, 2.45) is 0 Å². The van der Waals surface area contributed by atoms with E-state index >= 15 is 0 Å². The Kier molecular flexibility index (Phi) is 3.20. The van der Waals surface area contributed by atoms with Gasteiger partial charge in [0.25, 0.3) is 0 Å². The zero-order chi connectivity index (χ0) is 14.1. The Balaban J connectivity index is 2.27. The Morgan fingerprint density at radius 1 is 1.15 bits per heavy atom. The number of aromatic nitrogens is 2. The molecule has 4 nitrogen and oxygen atoms in total. The van der Waals surface area contributed by atoms with Gasteiger partial charge in [-0.2, -0.15) is 0 Å². The van der Waals surface area contributed by atoms with Gasteiger partial charge in [0.1, 0.15) is 0 Å². The number of hydrogen-bond acceptors (Lipinski definition) is 3. The summed E-state index contributed by atoms with van der Waals surface area (Å²) in [5, 5.41) is 9.88. The number of halogens is 1. The quantitative estimate of drug-likeness (QED) is 0.778. The van der Waals surface area contributed by atoms with Crippen LogP contribution in [0.1, 0.15) is 10.4 Å². The van der Waals surface area contributed by atoms with Crippen molar-refractivity contribution in [3.63, 3.8) is 0 Å². The highest BCUT2D eigenvalue weighted by molar-refractivity contribution is 9.10. The lowest BCUT2D eigenvalue weighted by molar-refractivity contribution is 0.0699. The first kappa shape index (κ1) is 12.7. The van der Waals surface area contributed by atoms with E-state index in [1.807, 2.05) is 24.3 Å². The van der Waals surface area contributed by atoms with Gasteiger partial charge < -0.3 is 5.11 Å². The van der Waals surface area contributed by atoms with Crippen LogP contribution in [0.2, 0.25) is 0 Å². The molecule has 2 aromatic heterocycles. The van der Waals surface area contributed by atoms with Gasteiger partial charge in [0.2, 0.25) is 0 Å². The molecule has 3 aromatic rings. The number of nitrogens with zero attached hydrogens (tertiary/aromatic N) is 2. The minimum atomic E-state index is -0.983. The molecule has 98 valence electrons. The molecule has 0 aliphatic carbocycles. The molecule has 0 saturated carbocycles. The van der Waals surface area contributed by atoms with E-state index in [-0.39, 0.29) is 5.56 Å². The molecule has 3 rings (SSSR count). The van der Waals surface area contributed by atoms with Crippen molar-refractivity contribution in [2.45, 2.75) is 0 Å². The number of benzene rings is 1. The Labute approximate surface area is 123 Å². The van der Waals surface area contributed by atoms with Gasteiger partial charge in [-0.3, -0.25) is 0 Å². The van der Waals surface area contributed by atoms with E-state index in [4.69, 9.17) is 0 Å². The van der Waals surface area contributed by atoms with E-state index in [0.29, 0.717) is 16.7 Å². The van der Waals surface area contributed by atoms with Crippen molar-refractivity contribution < 1.29 is 9.90 Å². The number of hydrogen-bond donors (Lipinski definition) is 1. The SMILES string of the molecule is O=C(O)c1cc(-c2ccc(Br)cc2)nc2ncccc12. The van der Waals surface area contributed by atoms with Crippen LogP contribution in [-0.2, 0) is 0 Å². The summed E-state index contributed by atoms with van der Waals surface area (Å²) in [5.41, 5.74) is 2.09. The molecule has 0 atom stereocenters. The topological polar surface area (TPSA) is 63.1 Å². The maximum absolute atomic E-state index is 11.4. The minimum Gasteiger partial charge on any atom is -0.478 e. The van der Waals surface area contributed by atoms with Gasteiger partial charge in [-0.15, -0.1) is 0 Å². The maximum atomic E-state index is 11.4. The monoisotopic (exact) mass is 328 g/mol.